The van der Waals surface area contributed by atoms with Crippen LogP contribution >= 0.6 is 0 Å². The molecular formula is C25H30N4O5. The predicted molar refractivity (Wildman–Crippen MR) is 131 cm³/mol. The summed E-state index contributed by atoms with van der Waals surface area (Å²) in [5.41, 5.74) is 6.54. The number of carbonyl (C=O) groups is 1. The van der Waals surface area contributed by atoms with Crippen LogP contribution in [0.4, 0.5) is 5.82 Å². The van der Waals surface area contributed by atoms with Gasteiger partial charge in [0.15, 0.2) is 5.78 Å². The molecule has 0 spiro atoms. The molecule has 180 valence electrons. The number of rotatable bonds is 10. The zero-order chi connectivity index (χ0) is 24.8. The van der Waals surface area contributed by atoms with Crippen LogP contribution in [0, 0.1) is 0 Å². The molecule has 0 aliphatic heterocycles. The van der Waals surface area contributed by atoms with Crippen molar-refractivity contribution in [2.75, 3.05) is 33.5 Å². The van der Waals surface area contributed by atoms with Crippen molar-refractivity contribution in [1.29, 1.82) is 0 Å². The maximum absolute atomic E-state index is 13.2. The fourth-order valence-corrected chi connectivity index (χ4v) is 3.83. The van der Waals surface area contributed by atoms with E-state index in [4.69, 9.17) is 15.2 Å². The normalized spacial score (nSPS) is 11.0. The number of anilines is 1. The number of carbonyl (C=O) groups excluding carboxylic acids is 1. The second kappa shape index (κ2) is 10.8. The highest BCUT2D eigenvalue weighted by atomic mass is 16.5. The number of methoxy groups -OCH3 is 2. The van der Waals surface area contributed by atoms with Gasteiger partial charge in [0, 0.05) is 24.7 Å². The van der Waals surface area contributed by atoms with Crippen molar-refractivity contribution in [3.8, 4) is 11.5 Å². The monoisotopic (exact) mass is 466 g/mol. The highest BCUT2D eigenvalue weighted by molar-refractivity contribution is 6.01. The second-order valence-corrected chi connectivity index (χ2v) is 7.94. The van der Waals surface area contributed by atoms with Crippen LogP contribution in [-0.2, 0) is 19.6 Å². The summed E-state index contributed by atoms with van der Waals surface area (Å²) in [4.78, 5) is 40.9. The number of likely N-dealkylation sites (N-methyl/N-ethyl adjacent to an activating group) is 1. The third-order valence-corrected chi connectivity index (χ3v) is 5.59. The summed E-state index contributed by atoms with van der Waals surface area (Å²) in [6.45, 7) is 2.30. The van der Waals surface area contributed by atoms with Crippen molar-refractivity contribution >= 4 is 11.6 Å². The minimum absolute atomic E-state index is 0.0676. The van der Waals surface area contributed by atoms with Crippen LogP contribution in [0.1, 0.15) is 28.4 Å². The lowest BCUT2D eigenvalue weighted by Gasteiger charge is -2.20. The van der Waals surface area contributed by atoms with E-state index in [0.29, 0.717) is 18.0 Å². The lowest BCUT2D eigenvalue weighted by molar-refractivity contribution is 0.0940. The number of hydrogen-bond donors (Lipinski definition) is 1. The first kappa shape index (κ1) is 24.8. The van der Waals surface area contributed by atoms with Gasteiger partial charge in [-0.2, -0.15) is 0 Å². The summed E-state index contributed by atoms with van der Waals surface area (Å²) in [7, 11) is 4.90. The standard InChI is InChI=1S/C25H30N4O5/c1-5-28-24(31)22(23(26)29(25(28)32)14-17-9-7-6-8-10-17)20(30)16-27(2)15-18-11-12-19(33-3)13-21(18)34-4/h6-13H,5,14-16,26H2,1-4H3. The van der Waals surface area contributed by atoms with Crippen molar-refractivity contribution in [3.63, 3.8) is 0 Å². The van der Waals surface area contributed by atoms with Gasteiger partial charge in [-0.05, 0) is 25.6 Å². The number of Topliss-reactive ketones (excluding diaryl/α,β-unsaturated/α-hetero) is 1. The lowest BCUT2D eigenvalue weighted by atomic mass is 10.1. The summed E-state index contributed by atoms with van der Waals surface area (Å²) < 4.78 is 13.0. The van der Waals surface area contributed by atoms with Crippen LogP contribution in [-0.4, -0.2) is 47.6 Å². The van der Waals surface area contributed by atoms with Gasteiger partial charge in [0.2, 0.25) is 0 Å². The molecule has 9 heteroatoms. The van der Waals surface area contributed by atoms with Crippen LogP contribution < -0.4 is 26.5 Å². The average Bonchev–Trinajstić information content (AvgIpc) is 2.83. The Hall–Kier alpha value is -3.85. The Morgan fingerprint density at radius 2 is 1.74 bits per heavy atom. The molecule has 9 nitrogen and oxygen atoms in total. The Kier molecular flexibility index (Phi) is 7.91. The molecule has 0 bridgehead atoms. The molecule has 0 radical (unpaired) electrons. The summed E-state index contributed by atoms with van der Waals surface area (Å²) in [6.07, 6.45) is 0. The van der Waals surface area contributed by atoms with Gasteiger partial charge in [-0.3, -0.25) is 23.6 Å². The van der Waals surface area contributed by atoms with E-state index in [0.717, 1.165) is 15.7 Å². The molecule has 3 rings (SSSR count). The van der Waals surface area contributed by atoms with E-state index >= 15 is 0 Å². The van der Waals surface area contributed by atoms with Crippen molar-refractivity contribution in [2.24, 2.45) is 0 Å². The predicted octanol–water partition coefficient (Wildman–Crippen LogP) is 1.99. The van der Waals surface area contributed by atoms with Gasteiger partial charge < -0.3 is 15.2 Å². The first-order valence-corrected chi connectivity index (χ1v) is 10.9. The van der Waals surface area contributed by atoms with E-state index < -0.39 is 17.0 Å². The lowest BCUT2D eigenvalue weighted by Crippen LogP contribution is -2.45. The number of hydrogen-bond acceptors (Lipinski definition) is 7. The number of nitrogen functional groups attached to an aromatic ring is 1. The minimum Gasteiger partial charge on any atom is -0.497 e. The molecule has 0 saturated carbocycles. The smallest absolute Gasteiger partial charge is 0.332 e. The van der Waals surface area contributed by atoms with Gasteiger partial charge in [-0.15, -0.1) is 0 Å². The van der Waals surface area contributed by atoms with Gasteiger partial charge in [0.1, 0.15) is 22.9 Å². The Balaban J connectivity index is 1.91. The number of ether oxygens (including phenoxy) is 2. The molecule has 0 saturated heterocycles. The van der Waals surface area contributed by atoms with Crippen LogP contribution in [0.25, 0.3) is 0 Å². The fourth-order valence-electron chi connectivity index (χ4n) is 3.83. The molecule has 0 unspecified atom stereocenters. The SMILES string of the molecule is CCn1c(=O)c(C(=O)CN(C)Cc2ccc(OC)cc2OC)c(N)n(Cc2ccccc2)c1=O. The largest absolute Gasteiger partial charge is 0.497 e. The van der Waals surface area contributed by atoms with Crippen LogP contribution in [0.15, 0.2) is 58.1 Å². The molecule has 0 aliphatic carbocycles. The molecule has 0 amide bonds. The highest BCUT2D eigenvalue weighted by Crippen LogP contribution is 2.25. The number of ketones is 1. The van der Waals surface area contributed by atoms with Crippen LogP contribution in [0.5, 0.6) is 11.5 Å². The topological polar surface area (TPSA) is 109 Å². The Morgan fingerprint density at radius 1 is 1.03 bits per heavy atom. The van der Waals surface area contributed by atoms with Crippen molar-refractivity contribution in [1.82, 2.24) is 14.0 Å². The molecular weight excluding hydrogens is 436 g/mol. The second-order valence-electron chi connectivity index (χ2n) is 7.94. The van der Waals surface area contributed by atoms with Gasteiger partial charge in [-0.1, -0.05) is 36.4 Å². The molecule has 2 aromatic carbocycles. The van der Waals surface area contributed by atoms with Crippen molar-refractivity contribution in [3.05, 3.63) is 86.1 Å². The van der Waals surface area contributed by atoms with E-state index in [1.807, 2.05) is 42.5 Å². The molecule has 0 fully saturated rings. The molecule has 3 aromatic rings. The zero-order valence-corrected chi connectivity index (χ0v) is 19.9. The first-order valence-electron chi connectivity index (χ1n) is 10.9. The maximum atomic E-state index is 13.2. The molecule has 0 aliphatic rings. The quantitative estimate of drug-likeness (QED) is 0.455. The van der Waals surface area contributed by atoms with Crippen LogP contribution in [0.3, 0.4) is 0 Å². The fraction of sp³-hybridized carbons (Fsp3) is 0.320. The Morgan fingerprint density at radius 3 is 2.35 bits per heavy atom. The minimum atomic E-state index is -0.672. The number of nitrogens with two attached hydrogens (primary N) is 1. The average molecular weight is 467 g/mol. The third-order valence-electron chi connectivity index (χ3n) is 5.59. The number of nitrogens with zero attached hydrogens (tertiary/aromatic N) is 3. The summed E-state index contributed by atoms with van der Waals surface area (Å²) in [5, 5.41) is 0. The Labute approximate surface area is 198 Å². The van der Waals surface area contributed by atoms with E-state index in [9.17, 15) is 14.4 Å². The molecule has 34 heavy (non-hydrogen) atoms. The molecule has 2 N–H and O–H groups in total. The van der Waals surface area contributed by atoms with Gasteiger partial charge in [0.05, 0.1) is 27.3 Å². The molecule has 0 atom stereocenters. The van der Waals surface area contributed by atoms with Crippen molar-refractivity contribution < 1.29 is 14.3 Å². The summed E-state index contributed by atoms with van der Waals surface area (Å²) in [6, 6.07) is 14.7. The summed E-state index contributed by atoms with van der Waals surface area (Å²) in [5.74, 6) is 0.710. The van der Waals surface area contributed by atoms with E-state index in [-0.39, 0.29) is 31.0 Å². The van der Waals surface area contributed by atoms with Crippen LogP contribution in [0.2, 0.25) is 0 Å². The molecule has 1 aromatic heterocycles. The van der Waals surface area contributed by atoms with Gasteiger partial charge >= 0.3 is 5.69 Å². The van der Waals surface area contributed by atoms with Gasteiger partial charge in [-0.25, -0.2) is 4.79 Å². The van der Waals surface area contributed by atoms with E-state index in [2.05, 4.69) is 0 Å². The number of aromatic nitrogens is 2. The number of benzene rings is 2. The van der Waals surface area contributed by atoms with E-state index in [1.165, 1.54) is 4.57 Å². The maximum Gasteiger partial charge on any atom is 0.332 e. The van der Waals surface area contributed by atoms with Gasteiger partial charge in [0.25, 0.3) is 5.56 Å². The highest BCUT2D eigenvalue weighted by Gasteiger charge is 2.23. The molecule has 1 heterocycles. The Bertz CT molecular complexity index is 1280. The zero-order valence-electron chi connectivity index (χ0n) is 19.9. The first-order chi connectivity index (χ1) is 16.3. The van der Waals surface area contributed by atoms with E-state index in [1.54, 1.807) is 39.2 Å². The third kappa shape index (κ3) is 5.20. The summed E-state index contributed by atoms with van der Waals surface area (Å²) >= 11 is 0. The van der Waals surface area contributed by atoms with Crippen molar-refractivity contribution in [2.45, 2.75) is 26.6 Å².